The number of aromatic nitrogens is 1. The maximum Gasteiger partial charge on any atom is 0.161 e. The lowest BCUT2D eigenvalue weighted by molar-refractivity contribution is 0.208. The van der Waals surface area contributed by atoms with Crippen LogP contribution in [0.2, 0.25) is 0 Å². The van der Waals surface area contributed by atoms with Gasteiger partial charge in [-0.2, -0.15) is 4.91 Å². The van der Waals surface area contributed by atoms with Crippen LogP contribution in [0.1, 0.15) is 53.3 Å². The van der Waals surface area contributed by atoms with Gasteiger partial charge in [0, 0.05) is 12.7 Å². The zero-order valence-corrected chi connectivity index (χ0v) is 20.4. The number of pyridine rings is 1. The molecular formula is C28H33N3O4. The highest BCUT2D eigenvalue weighted by molar-refractivity contribution is 5.51. The molecular weight excluding hydrogens is 442 g/mol. The highest BCUT2D eigenvalue weighted by atomic mass is 16.5. The molecule has 0 saturated carbocycles. The van der Waals surface area contributed by atoms with Crippen LogP contribution in [0.4, 0.5) is 0 Å². The average molecular weight is 476 g/mol. The SMILES string of the molecule is COc1cc2c(cc1OC)C(c1ccccc1)N(CCCCCc1cnc(CN=O)c(O)c1)CC2. The molecule has 1 atom stereocenters. The Morgan fingerprint density at radius 2 is 1.83 bits per heavy atom. The monoisotopic (exact) mass is 475 g/mol. The zero-order chi connectivity index (χ0) is 24.6. The molecule has 0 aliphatic carbocycles. The molecule has 7 nitrogen and oxygen atoms in total. The molecule has 1 aliphatic heterocycles. The maximum atomic E-state index is 10.4. The Kier molecular flexibility index (Phi) is 8.32. The van der Waals surface area contributed by atoms with Crippen molar-refractivity contribution in [1.82, 2.24) is 9.88 Å². The van der Waals surface area contributed by atoms with Gasteiger partial charge in [-0.15, -0.1) is 0 Å². The average Bonchev–Trinajstić information content (AvgIpc) is 2.89. The van der Waals surface area contributed by atoms with Crippen molar-refractivity contribution < 1.29 is 14.6 Å². The Balaban J connectivity index is 1.42. The molecule has 0 spiro atoms. The fourth-order valence-electron chi connectivity index (χ4n) is 4.93. The van der Waals surface area contributed by atoms with Gasteiger partial charge in [0.05, 0.1) is 20.3 Å². The van der Waals surface area contributed by atoms with E-state index in [2.05, 4.69) is 57.5 Å². The molecule has 0 amide bonds. The van der Waals surface area contributed by atoms with Gasteiger partial charge >= 0.3 is 0 Å². The number of hydrogen-bond acceptors (Lipinski definition) is 7. The minimum atomic E-state index is -0.105. The third-order valence-electron chi connectivity index (χ3n) is 6.72. The summed E-state index contributed by atoms with van der Waals surface area (Å²) in [4.78, 5) is 17.1. The third kappa shape index (κ3) is 5.80. The van der Waals surface area contributed by atoms with Crippen molar-refractivity contribution in [1.29, 1.82) is 0 Å². The Bertz CT molecular complexity index is 1140. The summed E-state index contributed by atoms with van der Waals surface area (Å²) in [6.45, 7) is 1.89. The van der Waals surface area contributed by atoms with E-state index in [4.69, 9.17) is 9.47 Å². The van der Waals surface area contributed by atoms with Crippen LogP contribution < -0.4 is 9.47 Å². The molecule has 2 heterocycles. The maximum absolute atomic E-state index is 10.4. The number of aromatic hydroxyl groups is 1. The van der Waals surface area contributed by atoms with Gasteiger partial charge in [0.15, 0.2) is 11.5 Å². The van der Waals surface area contributed by atoms with Crippen LogP contribution in [0.3, 0.4) is 0 Å². The van der Waals surface area contributed by atoms with E-state index >= 15 is 0 Å². The van der Waals surface area contributed by atoms with Crippen molar-refractivity contribution in [2.45, 2.75) is 44.7 Å². The van der Waals surface area contributed by atoms with Crippen LogP contribution in [-0.4, -0.2) is 42.3 Å². The molecule has 3 aromatic rings. The van der Waals surface area contributed by atoms with Gasteiger partial charge in [-0.25, -0.2) is 0 Å². The molecule has 1 unspecified atom stereocenters. The molecule has 0 saturated heterocycles. The smallest absolute Gasteiger partial charge is 0.161 e. The summed E-state index contributed by atoms with van der Waals surface area (Å²) in [7, 11) is 3.37. The number of nitrogens with zero attached hydrogens (tertiary/aromatic N) is 3. The van der Waals surface area contributed by atoms with E-state index in [1.807, 2.05) is 0 Å². The topological polar surface area (TPSA) is 84.3 Å². The first kappa shape index (κ1) is 24.7. The highest BCUT2D eigenvalue weighted by Crippen LogP contribution is 2.41. The van der Waals surface area contributed by atoms with E-state index in [0.717, 1.165) is 62.3 Å². The summed E-state index contributed by atoms with van der Waals surface area (Å²) in [6, 6.07) is 16.8. The first-order valence-electron chi connectivity index (χ1n) is 12.1. The van der Waals surface area contributed by atoms with Gasteiger partial charge in [-0.3, -0.25) is 9.88 Å². The normalized spacial score (nSPS) is 15.4. The predicted molar refractivity (Wildman–Crippen MR) is 136 cm³/mol. The Morgan fingerprint density at radius 1 is 1.06 bits per heavy atom. The second kappa shape index (κ2) is 11.8. The molecule has 0 fully saturated rings. The molecule has 1 aliphatic rings. The summed E-state index contributed by atoms with van der Waals surface area (Å²) in [5.41, 5.74) is 5.19. The van der Waals surface area contributed by atoms with E-state index in [1.165, 1.54) is 16.7 Å². The third-order valence-corrected chi connectivity index (χ3v) is 6.72. The molecule has 0 radical (unpaired) electrons. The van der Waals surface area contributed by atoms with E-state index in [9.17, 15) is 10.0 Å². The standard InChI is InChI=1S/C28H33N3O4/c1-34-26-16-22-12-14-31(28(21-10-6-3-7-11-21)23(22)17-27(26)35-2)13-8-4-5-9-20-15-25(32)24(19-30-33)29-18-20/h3,6-7,10-11,15-18,28,32H,4-5,8-9,12-14,19H2,1-2H3. The minimum absolute atomic E-state index is 0.0480. The first-order valence-corrected chi connectivity index (χ1v) is 12.1. The fraction of sp³-hybridized carbons (Fsp3) is 0.393. The molecule has 4 rings (SSSR count). The van der Waals surface area contributed by atoms with Crippen molar-refractivity contribution in [2.75, 3.05) is 27.3 Å². The molecule has 7 heteroatoms. The minimum Gasteiger partial charge on any atom is -0.506 e. The van der Waals surface area contributed by atoms with Crippen LogP contribution in [0.5, 0.6) is 17.2 Å². The summed E-state index contributed by atoms with van der Waals surface area (Å²) in [5, 5.41) is 12.8. The number of unbranched alkanes of at least 4 members (excludes halogenated alkanes) is 2. The lowest BCUT2D eigenvalue weighted by Gasteiger charge is -2.38. The molecule has 35 heavy (non-hydrogen) atoms. The number of hydrogen-bond donors (Lipinski definition) is 1. The summed E-state index contributed by atoms with van der Waals surface area (Å²) in [5.74, 6) is 1.59. The van der Waals surface area contributed by atoms with Gasteiger partial charge in [0.2, 0.25) is 0 Å². The van der Waals surface area contributed by atoms with Crippen molar-refractivity contribution in [3.63, 3.8) is 0 Å². The molecule has 0 bridgehead atoms. The number of nitroso groups, excluding NO2 is 1. The van der Waals surface area contributed by atoms with Crippen LogP contribution in [-0.2, 0) is 19.4 Å². The van der Waals surface area contributed by atoms with Gasteiger partial charge in [0.1, 0.15) is 18.0 Å². The first-order chi connectivity index (χ1) is 17.1. The number of methoxy groups -OCH3 is 2. The summed E-state index contributed by atoms with van der Waals surface area (Å²) >= 11 is 0. The molecule has 2 aromatic carbocycles. The van der Waals surface area contributed by atoms with E-state index in [1.54, 1.807) is 26.5 Å². The number of rotatable bonds is 11. The van der Waals surface area contributed by atoms with Gasteiger partial charge < -0.3 is 14.6 Å². The molecule has 1 aromatic heterocycles. The van der Waals surface area contributed by atoms with Crippen molar-refractivity contribution in [2.24, 2.45) is 5.18 Å². The van der Waals surface area contributed by atoms with Crippen LogP contribution in [0.15, 0.2) is 59.9 Å². The van der Waals surface area contributed by atoms with Gasteiger partial charge in [-0.05, 0) is 72.7 Å². The number of benzene rings is 2. The van der Waals surface area contributed by atoms with Gasteiger partial charge in [-0.1, -0.05) is 41.9 Å². The fourth-order valence-corrected chi connectivity index (χ4v) is 4.93. The molecule has 1 N–H and O–H groups in total. The number of aryl methyl sites for hydroxylation is 1. The molecule has 184 valence electrons. The Labute approximate surface area is 206 Å². The van der Waals surface area contributed by atoms with Crippen molar-refractivity contribution >= 4 is 0 Å². The Morgan fingerprint density at radius 3 is 2.54 bits per heavy atom. The van der Waals surface area contributed by atoms with Gasteiger partial charge in [0.25, 0.3) is 0 Å². The van der Waals surface area contributed by atoms with E-state index in [-0.39, 0.29) is 18.3 Å². The largest absolute Gasteiger partial charge is 0.506 e. The van der Waals surface area contributed by atoms with Crippen molar-refractivity contribution in [3.8, 4) is 17.2 Å². The summed E-state index contributed by atoms with van der Waals surface area (Å²) in [6.07, 6.45) is 6.73. The summed E-state index contributed by atoms with van der Waals surface area (Å²) < 4.78 is 11.2. The van der Waals surface area contributed by atoms with Crippen molar-refractivity contribution in [3.05, 3.63) is 87.6 Å². The van der Waals surface area contributed by atoms with Crippen LogP contribution >= 0.6 is 0 Å². The van der Waals surface area contributed by atoms with Crippen LogP contribution in [0.25, 0.3) is 0 Å². The second-order valence-electron chi connectivity index (χ2n) is 8.91. The van der Waals surface area contributed by atoms with Crippen LogP contribution in [0, 0.1) is 4.91 Å². The van der Waals surface area contributed by atoms with E-state index < -0.39 is 0 Å². The zero-order valence-electron chi connectivity index (χ0n) is 20.4. The highest BCUT2D eigenvalue weighted by Gasteiger charge is 2.30. The number of ether oxygens (including phenoxy) is 2. The van der Waals surface area contributed by atoms with E-state index in [0.29, 0.717) is 5.69 Å². The lowest BCUT2D eigenvalue weighted by Crippen LogP contribution is -2.36. The Hall–Kier alpha value is -3.45. The number of fused-ring (bicyclic) bond motifs is 1. The lowest BCUT2D eigenvalue weighted by atomic mass is 9.87. The second-order valence-corrected chi connectivity index (χ2v) is 8.91. The quantitative estimate of drug-likeness (QED) is 0.294. The predicted octanol–water partition coefficient (Wildman–Crippen LogP) is 5.43.